The van der Waals surface area contributed by atoms with E-state index in [1.54, 1.807) is 18.3 Å². The lowest BCUT2D eigenvalue weighted by Crippen LogP contribution is -2.32. The molecule has 0 bridgehead atoms. The van der Waals surface area contributed by atoms with Crippen molar-refractivity contribution in [2.75, 3.05) is 12.4 Å². The molecule has 1 N–H and O–H groups in total. The fourth-order valence-corrected chi connectivity index (χ4v) is 1.63. The molecule has 0 aromatic carbocycles. The Morgan fingerprint density at radius 2 is 2.33 bits per heavy atom. The summed E-state index contributed by atoms with van der Waals surface area (Å²) in [6, 6.07) is 4.96. The van der Waals surface area contributed by atoms with Crippen molar-refractivity contribution in [3.8, 4) is 6.07 Å². The maximum atomic E-state index is 11.7. The highest BCUT2D eigenvalue weighted by molar-refractivity contribution is 5.79. The van der Waals surface area contributed by atoms with E-state index in [-0.39, 0.29) is 11.7 Å². The number of carbonyl (C=O) groups excluding carboxylic acids is 1. The van der Waals surface area contributed by atoms with Crippen LogP contribution < -0.4 is 5.32 Å². The molecule has 1 unspecified atom stereocenters. The van der Waals surface area contributed by atoms with Crippen molar-refractivity contribution in [1.29, 1.82) is 5.26 Å². The molecular formula is C13H17N3O2. The number of nitrogens with one attached hydrogen (secondary N) is 1. The molecule has 0 fully saturated rings. The zero-order chi connectivity index (χ0) is 13.5. The molecule has 1 aromatic heterocycles. The van der Waals surface area contributed by atoms with Crippen molar-refractivity contribution in [3.05, 3.63) is 24.0 Å². The smallest absolute Gasteiger partial charge is 0.328 e. The topological polar surface area (TPSA) is 75.0 Å². The minimum atomic E-state index is -0.466. The van der Waals surface area contributed by atoms with Crippen LogP contribution in [0, 0.1) is 17.2 Å². The number of aromatic nitrogens is 1. The molecule has 5 heteroatoms. The Morgan fingerprint density at radius 3 is 2.89 bits per heavy atom. The van der Waals surface area contributed by atoms with Crippen LogP contribution in [-0.2, 0) is 9.53 Å². The monoisotopic (exact) mass is 247 g/mol. The Kier molecular flexibility index (Phi) is 5.12. The number of carbonyl (C=O) groups is 1. The Bertz CT molecular complexity index is 452. The third-order valence-electron chi connectivity index (χ3n) is 2.44. The minimum absolute atomic E-state index is 0.273. The number of pyridine rings is 1. The van der Waals surface area contributed by atoms with Gasteiger partial charge >= 0.3 is 5.97 Å². The molecular weight excluding hydrogens is 230 g/mol. The van der Waals surface area contributed by atoms with Crippen molar-refractivity contribution < 1.29 is 9.53 Å². The molecule has 1 heterocycles. The van der Waals surface area contributed by atoms with E-state index in [2.05, 4.69) is 10.3 Å². The first-order valence-corrected chi connectivity index (χ1v) is 5.78. The predicted molar refractivity (Wildman–Crippen MR) is 67.8 cm³/mol. The highest BCUT2D eigenvalue weighted by Crippen LogP contribution is 2.16. The van der Waals surface area contributed by atoms with E-state index in [1.807, 2.05) is 19.9 Å². The SMILES string of the molecule is COC(=O)C(CC(C)C)Nc1cccnc1C#N. The van der Waals surface area contributed by atoms with Crippen molar-refractivity contribution in [3.63, 3.8) is 0 Å². The number of methoxy groups -OCH3 is 1. The first-order valence-electron chi connectivity index (χ1n) is 5.78. The molecule has 0 aliphatic heterocycles. The molecule has 5 nitrogen and oxygen atoms in total. The third-order valence-corrected chi connectivity index (χ3v) is 2.44. The van der Waals surface area contributed by atoms with Crippen molar-refractivity contribution in [1.82, 2.24) is 4.98 Å². The van der Waals surface area contributed by atoms with Crippen LogP contribution in [0.3, 0.4) is 0 Å². The van der Waals surface area contributed by atoms with Gasteiger partial charge in [0.1, 0.15) is 12.1 Å². The van der Waals surface area contributed by atoms with E-state index < -0.39 is 6.04 Å². The summed E-state index contributed by atoms with van der Waals surface area (Å²) in [6.07, 6.45) is 2.17. The van der Waals surface area contributed by atoms with Gasteiger partial charge in [0.2, 0.25) is 0 Å². The van der Waals surface area contributed by atoms with Gasteiger partial charge < -0.3 is 10.1 Å². The van der Waals surface area contributed by atoms with Crippen LogP contribution in [0.5, 0.6) is 0 Å². The summed E-state index contributed by atoms with van der Waals surface area (Å²) < 4.78 is 4.75. The van der Waals surface area contributed by atoms with Crippen LogP contribution >= 0.6 is 0 Å². The molecule has 0 saturated carbocycles. The Morgan fingerprint density at radius 1 is 1.61 bits per heavy atom. The van der Waals surface area contributed by atoms with E-state index in [1.165, 1.54) is 7.11 Å². The fourth-order valence-electron chi connectivity index (χ4n) is 1.63. The fraction of sp³-hybridized carbons (Fsp3) is 0.462. The van der Waals surface area contributed by atoms with E-state index in [4.69, 9.17) is 10.00 Å². The van der Waals surface area contributed by atoms with Gasteiger partial charge in [-0.15, -0.1) is 0 Å². The molecule has 0 amide bonds. The summed E-state index contributed by atoms with van der Waals surface area (Å²) in [5, 5.41) is 12.0. The van der Waals surface area contributed by atoms with Crippen LogP contribution in [0.4, 0.5) is 5.69 Å². The van der Waals surface area contributed by atoms with Gasteiger partial charge in [-0.3, -0.25) is 0 Å². The van der Waals surface area contributed by atoms with Gasteiger partial charge in [0.25, 0.3) is 0 Å². The average molecular weight is 247 g/mol. The molecule has 0 aliphatic carbocycles. The quantitative estimate of drug-likeness (QED) is 0.805. The van der Waals surface area contributed by atoms with Crippen LogP contribution in [0.2, 0.25) is 0 Å². The first-order chi connectivity index (χ1) is 8.58. The summed E-state index contributed by atoms with van der Waals surface area (Å²) in [5.74, 6) is 0.000231. The van der Waals surface area contributed by atoms with Gasteiger partial charge in [0.05, 0.1) is 12.8 Å². The summed E-state index contributed by atoms with van der Waals surface area (Å²) in [6.45, 7) is 4.04. The zero-order valence-electron chi connectivity index (χ0n) is 10.8. The van der Waals surface area contributed by atoms with Crippen molar-refractivity contribution in [2.45, 2.75) is 26.3 Å². The first kappa shape index (κ1) is 14.0. The molecule has 1 rings (SSSR count). The van der Waals surface area contributed by atoms with Gasteiger partial charge in [-0.25, -0.2) is 9.78 Å². The average Bonchev–Trinajstić information content (AvgIpc) is 2.37. The Hall–Kier alpha value is -2.09. The van der Waals surface area contributed by atoms with Crippen LogP contribution in [0.1, 0.15) is 26.0 Å². The Labute approximate surface area is 107 Å². The maximum Gasteiger partial charge on any atom is 0.328 e. The van der Waals surface area contributed by atoms with Crippen molar-refractivity contribution >= 4 is 11.7 Å². The lowest BCUT2D eigenvalue weighted by molar-refractivity contribution is -0.141. The van der Waals surface area contributed by atoms with Gasteiger partial charge in [0, 0.05) is 6.20 Å². The molecule has 0 aliphatic rings. The molecule has 0 saturated heterocycles. The van der Waals surface area contributed by atoms with E-state index in [0.29, 0.717) is 18.0 Å². The molecule has 1 atom stereocenters. The number of hydrogen-bond donors (Lipinski definition) is 1. The summed E-state index contributed by atoms with van der Waals surface area (Å²) in [7, 11) is 1.35. The maximum absolute atomic E-state index is 11.7. The van der Waals surface area contributed by atoms with Gasteiger partial charge in [-0.05, 0) is 24.5 Å². The van der Waals surface area contributed by atoms with Crippen molar-refractivity contribution in [2.24, 2.45) is 5.92 Å². The standard InChI is InChI=1S/C13H17N3O2/c1-9(2)7-11(13(17)18-3)16-10-5-4-6-15-12(10)8-14/h4-6,9,11,16H,7H2,1-3H3. The summed E-state index contributed by atoms with van der Waals surface area (Å²) in [4.78, 5) is 15.6. The number of esters is 1. The molecule has 0 radical (unpaired) electrons. The molecule has 1 aromatic rings. The molecule has 0 spiro atoms. The van der Waals surface area contributed by atoms with Crippen LogP contribution in [0.25, 0.3) is 0 Å². The highest BCUT2D eigenvalue weighted by Gasteiger charge is 2.21. The van der Waals surface area contributed by atoms with E-state index in [0.717, 1.165) is 0 Å². The second kappa shape index (κ2) is 6.60. The molecule has 96 valence electrons. The van der Waals surface area contributed by atoms with Gasteiger partial charge in [-0.1, -0.05) is 13.8 Å². The number of rotatable bonds is 5. The number of anilines is 1. The minimum Gasteiger partial charge on any atom is -0.467 e. The molecule has 18 heavy (non-hydrogen) atoms. The normalized spacial score (nSPS) is 11.7. The predicted octanol–water partition coefficient (Wildman–Crippen LogP) is 1.95. The summed E-state index contributed by atoms with van der Waals surface area (Å²) in [5.41, 5.74) is 0.825. The van der Waals surface area contributed by atoms with Crippen LogP contribution in [0.15, 0.2) is 18.3 Å². The second-order valence-corrected chi connectivity index (χ2v) is 4.36. The van der Waals surface area contributed by atoms with Gasteiger partial charge in [0.15, 0.2) is 5.69 Å². The summed E-state index contributed by atoms with van der Waals surface area (Å²) >= 11 is 0. The Balaban J connectivity index is 2.89. The van der Waals surface area contributed by atoms with Crippen LogP contribution in [-0.4, -0.2) is 24.1 Å². The number of ether oxygens (including phenoxy) is 1. The second-order valence-electron chi connectivity index (χ2n) is 4.36. The third kappa shape index (κ3) is 3.74. The highest BCUT2D eigenvalue weighted by atomic mass is 16.5. The van der Waals surface area contributed by atoms with E-state index >= 15 is 0 Å². The largest absolute Gasteiger partial charge is 0.467 e. The number of nitriles is 1. The van der Waals surface area contributed by atoms with Gasteiger partial charge in [-0.2, -0.15) is 5.26 Å². The van der Waals surface area contributed by atoms with E-state index in [9.17, 15) is 4.79 Å². The lowest BCUT2D eigenvalue weighted by atomic mass is 10.0. The number of nitrogens with zero attached hydrogens (tertiary/aromatic N) is 2. The number of hydrogen-bond acceptors (Lipinski definition) is 5. The zero-order valence-corrected chi connectivity index (χ0v) is 10.8. The lowest BCUT2D eigenvalue weighted by Gasteiger charge is -2.19.